The summed E-state index contributed by atoms with van der Waals surface area (Å²) in [5.41, 5.74) is -0.704. The predicted molar refractivity (Wildman–Crippen MR) is 115 cm³/mol. The molecule has 192 valence electrons. The van der Waals surface area contributed by atoms with E-state index < -0.39 is 47.8 Å². The molecule has 1 atom stereocenters. The molecule has 13 heteroatoms. The van der Waals surface area contributed by atoms with Crippen LogP contribution in [0.15, 0.2) is 47.7 Å². The zero-order chi connectivity index (χ0) is 26.4. The molecule has 4 rings (SSSR count). The SMILES string of the molecule is Cc1cn(-c2ccc3n(c2=O)C[C@@H](C)N(Cc2cc(OCC(F)(F)F)cc(C(F)(F)F)c2)C3=O)cn1. The van der Waals surface area contributed by atoms with Gasteiger partial charge in [-0.25, -0.2) is 4.98 Å². The van der Waals surface area contributed by atoms with Gasteiger partial charge in [0.25, 0.3) is 11.5 Å². The van der Waals surface area contributed by atoms with Crippen molar-refractivity contribution in [3.63, 3.8) is 0 Å². The number of hydrogen-bond donors (Lipinski definition) is 0. The van der Waals surface area contributed by atoms with Gasteiger partial charge in [0, 0.05) is 25.3 Å². The summed E-state index contributed by atoms with van der Waals surface area (Å²) < 4.78 is 85.1. The molecule has 0 spiro atoms. The van der Waals surface area contributed by atoms with Crippen molar-refractivity contribution in [1.82, 2.24) is 19.0 Å². The van der Waals surface area contributed by atoms with E-state index in [1.165, 1.54) is 32.5 Å². The van der Waals surface area contributed by atoms with Crippen molar-refractivity contribution in [1.29, 1.82) is 0 Å². The summed E-state index contributed by atoms with van der Waals surface area (Å²) in [6.45, 7) is 1.35. The number of amides is 1. The first kappa shape index (κ1) is 25.3. The first-order valence-corrected chi connectivity index (χ1v) is 10.7. The van der Waals surface area contributed by atoms with Gasteiger partial charge in [-0.1, -0.05) is 0 Å². The summed E-state index contributed by atoms with van der Waals surface area (Å²) in [5.74, 6) is -1.22. The van der Waals surface area contributed by atoms with Crippen molar-refractivity contribution >= 4 is 5.91 Å². The quantitative estimate of drug-likeness (QED) is 0.475. The average molecular weight is 514 g/mol. The zero-order valence-corrected chi connectivity index (χ0v) is 19.0. The highest BCUT2D eigenvalue weighted by Gasteiger charge is 2.35. The monoisotopic (exact) mass is 514 g/mol. The molecule has 0 saturated carbocycles. The molecular formula is C23H20F6N4O3. The summed E-state index contributed by atoms with van der Waals surface area (Å²) >= 11 is 0. The maximum atomic E-state index is 13.4. The number of benzene rings is 1. The van der Waals surface area contributed by atoms with Gasteiger partial charge in [0.05, 0.1) is 17.6 Å². The zero-order valence-electron chi connectivity index (χ0n) is 19.0. The Hall–Kier alpha value is -3.77. The lowest BCUT2D eigenvalue weighted by atomic mass is 10.1. The van der Waals surface area contributed by atoms with E-state index in [1.54, 1.807) is 20.0 Å². The van der Waals surface area contributed by atoms with Gasteiger partial charge >= 0.3 is 12.4 Å². The number of carbonyl (C=O) groups excluding carboxylic acids is 1. The molecule has 0 bridgehead atoms. The Labute approximate surface area is 200 Å². The molecule has 1 aliphatic heterocycles. The number of hydrogen-bond acceptors (Lipinski definition) is 4. The third kappa shape index (κ3) is 5.24. The van der Waals surface area contributed by atoms with Gasteiger partial charge in [-0.3, -0.25) is 9.59 Å². The number of carbonyl (C=O) groups is 1. The van der Waals surface area contributed by atoms with Crippen LogP contribution < -0.4 is 10.3 Å². The van der Waals surface area contributed by atoms with Crippen LogP contribution in [0.1, 0.15) is 34.2 Å². The molecule has 0 saturated heterocycles. The number of fused-ring (bicyclic) bond motifs is 1. The van der Waals surface area contributed by atoms with Crippen LogP contribution >= 0.6 is 0 Å². The van der Waals surface area contributed by atoms with Crippen molar-refractivity contribution in [3.8, 4) is 11.4 Å². The van der Waals surface area contributed by atoms with Crippen molar-refractivity contribution in [2.24, 2.45) is 0 Å². The van der Waals surface area contributed by atoms with Gasteiger partial charge in [-0.2, -0.15) is 26.3 Å². The van der Waals surface area contributed by atoms with Gasteiger partial charge in [0.2, 0.25) is 0 Å². The molecular weight excluding hydrogens is 494 g/mol. The van der Waals surface area contributed by atoms with Crippen molar-refractivity contribution in [2.45, 2.75) is 45.3 Å². The molecule has 0 radical (unpaired) electrons. The highest BCUT2D eigenvalue weighted by atomic mass is 19.4. The number of rotatable bonds is 5. The van der Waals surface area contributed by atoms with Gasteiger partial charge in [0.15, 0.2) is 6.61 Å². The predicted octanol–water partition coefficient (Wildman–Crippen LogP) is 4.35. The second kappa shape index (κ2) is 9.03. The van der Waals surface area contributed by atoms with E-state index >= 15 is 0 Å². The largest absolute Gasteiger partial charge is 0.484 e. The Balaban J connectivity index is 1.65. The van der Waals surface area contributed by atoms with Gasteiger partial charge in [-0.15, -0.1) is 0 Å². The number of alkyl halides is 6. The number of aromatic nitrogens is 3. The first-order chi connectivity index (χ1) is 16.7. The van der Waals surface area contributed by atoms with E-state index in [1.807, 2.05) is 0 Å². The van der Waals surface area contributed by atoms with Gasteiger partial charge in [-0.05, 0) is 49.7 Å². The number of aryl methyl sites for hydroxylation is 1. The fourth-order valence-electron chi connectivity index (χ4n) is 3.98. The van der Waals surface area contributed by atoms with Crippen LogP contribution in [0.4, 0.5) is 26.3 Å². The fourth-order valence-corrected chi connectivity index (χ4v) is 3.98. The summed E-state index contributed by atoms with van der Waals surface area (Å²) in [6, 6.07) is 4.56. The van der Waals surface area contributed by atoms with Crippen LogP contribution in [0.25, 0.3) is 5.69 Å². The molecule has 2 aromatic heterocycles. The smallest absolute Gasteiger partial charge is 0.422 e. The van der Waals surface area contributed by atoms with E-state index in [0.717, 1.165) is 12.1 Å². The second-order valence-corrected chi connectivity index (χ2v) is 8.49. The van der Waals surface area contributed by atoms with Crippen molar-refractivity contribution < 1.29 is 35.9 Å². The summed E-state index contributed by atoms with van der Waals surface area (Å²) in [5, 5.41) is 0. The van der Waals surface area contributed by atoms with Crippen LogP contribution in [0.2, 0.25) is 0 Å². The second-order valence-electron chi connectivity index (χ2n) is 8.49. The molecule has 3 heterocycles. The third-order valence-electron chi connectivity index (χ3n) is 5.65. The van der Waals surface area contributed by atoms with Gasteiger partial charge < -0.3 is 18.8 Å². The van der Waals surface area contributed by atoms with Crippen molar-refractivity contribution in [3.05, 3.63) is 75.7 Å². The van der Waals surface area contributed by atoms with Crippen LogP contribution in [0.5, 0.6) is 5.75 Å². The fraction of sp³-hybridized carbons (Fsp3) is 0.348. The van der Waals surface area contributed by atoms with E-state index in [0.29, 0.717) is 11.8 Å². The summed E-state index contributed by atoms with van der Waals surface area (Å²) in [6.07, 6.45) is -6.47. The molecule has 0 N–H and O–H groups in total. The number of nitrogens with zero attached hydrogens (tertiary/aromatic N) is 4. The Morgan fingerprint density at radius 3 is 2.42 bits per heavy atom. The minimum absolute atomic E-state index is 0.0409. The molecule has 1 aromatic carbocycles. The van der Waals surface area contributed by atoms with Gasteiger partial charge in [0.1, 0.15) is 17.1 Å². The third-order valence-corrected chi connectivity index (χ3v) is 5.65. The Bertz CT molecular complexity index is 1360. The van der Waals surface area contributed by atoms with E-state index in [2.05, 4.69) is 9.72 Å². The molecule has 7 nitrogen and oxygen atoms in total. The number of pyridine rings is 1. The lowest BCUT2D eigenvalue weighted by Crippen LogP contribution is -2.49. The average Bonchev–Trinajstić information content (AvgIpc) is 3.21. The Morgan fingerprint density at radius 2 is 1.81 bits per heavy atom. The molecule has 3 aromatic rings. The maximum absolute atomic E-state index is 13.4. The Morgan fingerprint density at radius 1 is 1.08 bits per heavy atom. The van der Waals surface area contributed by atoms with E-state index in [-0.39, 0.29) is 30.0 Å². The lowest BCUT2D eigenvalue weighted by Gasteiger charge is -2.35. The van der Waals surface area contributed by atoms with E-state index in [9.17, 15) is 35.9 Å². The minimum Gasteiger partial charge on any atom is -0.484 e. The highest BCUT2D eigenvalue weighted by Crippen LogP contribution is 2.34. The molecule has 0 aliphatic carbocycles. The Kier molecular flexibility index (Phi) is 6.35. The lowest BCUT2D eigenvalue weighted by molar-refractivity contribution is -0.153. The minimum atomic E-state index is -4.84. The van der Waals surface area contributed by atoms with Crippen LogP contribution in [-0.2, 0) is 19.3 Å². The maximum Gasteiger partial charge on any atom is 0.422 e. The van der Waals surface area contributed by atoms with E-state index in [4.69, 9.17) is 0 Å². The standard InChI is InChI=1S/C23H20F6N4O3/c1-13-8-31(12-30-13)18-3-4-19-21(35)32(14(2)9-33(19)20(18)34)10-15-5-16(23(27,28)29)7-17(6-15)36-11-22(24,25)26/h3-8,12,14H,9-11H2,1-2H3/t14-/m1/s1. The summed E-state index contributed by atoms with van der Waals surface area (Å²) in [7, 11) is 0. The molecule has 36 heavy (non-hydrogen) atoms. The topological polar surface area (TPSA) is 69.4 Å². The van der Waals surface area contributed by atoms with Crippen LogP contribution in [0, 0.1) is 6.92 Å². The molecule has 0 unspecified atom stereocenters. The number of halogens is 6. The normalized spacial score (nSPS) is 16.3. The first-order valence-electron chi connectivity index (χ1n) is 10.7. The molecule has 1 aliphatic rings. The molecule has 1 amide bonds. The van der Waals surface area contributed by atoms with Crippen LogP contribution in [-0.4, -0.2) is 43.8 Å². The highest BCUT2D eigenvalue weighted by molar-refractivity contribution is 5.93. The van der Waals surface area contributed by atoms with Crippen molar-refractivity contribution in [2.75, 3.05) is 6.61 Å². The molecule has 0 fully saturated rings. The number of imidazole rings is 1. The van der Waals surface area contributed by atoms with Crippen LogP contribution in [0.3, 0.4) is 0 Å². The summed E-state index contributed by atoms with van der Waals surface area (Å²) in [4.78, 5) is 31.6. The number of ether oxygens (including phenoxy) is 1.